The lowest BCUT2D eigenvalue weighted by Crippen LogP contribution is -2.36. The number of nitrogens with two attached hydrogens (primary N) is 1. The molecule has 3 nitrogen and oxygen atoms in total. The Hall–Kier alpha value is -2.36. The molecule has 0 aromatic heterocycles. The summed E-state index contributed by atoms with van der Waals surface area (Å²) in [5.41, 5.74) is 7.96. The molecule has 0 aliphatic carbocycles. The number of halogens is 1. The summed E-state index contributed by atoms with van der Waals surface area (Å²) in [6.07, 6.45) is 0. The van der Waals surface area contributed by atoms with E-state index in [1.807, 2.05) is 23.1 Å². The minimum Gasteiger partial charge on any atom is -0.369 e. The van der Waals surface area contributed by atoms with E-state index in [-0.39, 0.29) is 11.9 Å². The number of rotatable bonds is 2. The molecule has 2 N–H and O–H groups in total. The van der Waals surface area contributed by atoms with E-state index in [1.165, 1.54) is 12.1 Å². The summed E-state index contributed by atoms with van der Waals surface area (Å²) in [6.45, 7) is 0.618. The molecule has 4 heteroatoms. The number of hydrogen-bond acceptors (Lipinski definition) is 3. The van der Waals surface area contributed by atoms with Crippen LogP contribution in [0.1, 0.15) is 11.6 Å². The quantitative estimate of drug-likeness (QED) is 0.896. The molecule has 0 spiro atoms. The van der Waals surface area contributed by atoms with Gasteiger partial charge in [0.1, 0.15) is 5.82 Å². The van der Waals surface area contributed by atoms with Crippen LogP contribution in [-0.4, -0.2) is 12.5 Å². The Labute approximate surface area is 111 Å². The van der Waals surface area contributed by atoms with Crippen molar-refractivity contribution in [2.24, 2.45) is 10.7 Å². The lowest BCUT2D eigenvalue weighted by atomic mass is 10.1. The molecule has 0 fully saturated rings. The first kappa shape index (κ1) is 11.7. The number of anilines is 1. The summed E-state index contributed by atoms with van der Waals surface area (Å²) in [5.74, 6) is 0.218. The van der Waals surface area contributed by atoms with Gasteiger partial charge in [0, 0.05) is 5.69 Å². The first-order chi connectivity index (χ1) is 9.25. The molecular weight excluding hydrogens is 241 g/mol. The second kappa shape index (κ2) is 4.72. The molecule has 2 aromatic carbocycles. The van der Waals surface area contributed by atoms with E-state index in [2.05, 4.69) is 17.1 Å². The van der Waals surface area contributed by atoms with E-state index in [9.17, 15) is 4.39 Å². The maximum atomic E-state index is 13.0. The van der Waals surface area contributed by atoms with Crippen LogP contribution in [0.2, 0.25) is 0 Å². The SMILES string of the molecule is NC1=NCC(c2ccccc2)N1c1ccc(F)cc1. The zero-order valence-corrected chi connectivity index (χ0v) is 10.3. The van der Waals surface area contributed by atoms with Crippen LogP contribution in [0.4, 0.5) is 10.1 Å². The highest BCUT2D eigenvalue weighted by Gasteiger charge is 2.28. The summed E-state index contributed by atoms with van der Waals surface area (Å²) < 4.78 is 13.0. The Morgan fingerprint density at radius 2 is 1.74 bits per heavy atom. The Morgan fingerprint density at radius 1 is 1.05 bits per heavy atom. The molecule has 1 heterocycles. The third kappa shape index (κ3) is 2.17. The standard InChI is InChI=1S/C15H14FN3/c16-12-6-8-13(9-7-12)19-14(10-18-15(19)17)11-4-2-1-3-5-11/h1-9,14H,10H2,(H2,17,18). The maximum absolute atomic E-state index is 13.0. The first-order valence-electron chi connectivity index (χ1n) is 6.15. The van der Waals surface area contributed by atoms with Crippen molar-refractivity contribution in [1.29, 1.82) is 0 Å². The van der Waals surface area contributed by atoms with E-state index in [4.69, 9.17) is 5.73 Å². The third-order valence-electron chi connectivity index (χ3n) is 3.27. The smallest absolute Gasteiger partial charge is 0.196 e. The van der Waals surface area contributed by atoms with Gasteiger partial charge >= 0.3 is 0 Å². The Morgan fingerprint density at radius 3 is 2.42 bits per heavy atom. The first-order valence-corrected chi connectivity index (χ1v) is 6.15. The summed E-state index contributed by atoms with van der Waals surface area (Å²) in [7, 11) is 0. The third-order valence-corrected chi connectivity index (χ3v) is 3.27. The topological polar surface area (TPSA) is 41.6 Å². The van der Waals surface area contributed by atoms with E-state index < -0.39 is 0 Å². The highest BCUT2D eigenvalue weighted by molar-refractivity contribution is 5.97. The van der Waals surface area contributed by atoms with E-state index in [0.29, 0.717) is 12.5 Å². The van der Waals surface area contributed by atoms with E-state index in [0.717, 1.165) is 11.3 Å². The molecule has 0 radical (unpaired) electrons. The van der Waals surface area contributed by atoms with Crippen LogP contribution in [0.5, 0.6) is 0 Å². The van der Waals surface area contributed by atoms with Crippen LogP contribution in [0.3, 0.4) is 0 Å². The minimum absolute atomic E-state index is 0.0756. The zero-order valence-electron chi connectivity index (χ0n) is 10.3. The van der Waals surface area contributed by atoms with Crippen molar-refractivity contribution in [3.05, 3.63) is 66.0 Å². The second-order valence-electron chi connectivity index (χ2n) is 4.47. The molecule has 19 heavy (non-hydrogen) atoms. The van der Waals surface area contributed by atoms with Crippen LogP contribution in [-0.2, 0) is 0 Å². The van der Waals surface area contributed by atoms with E-state index in [1.54, 1.807) is 12.1 Å². The number of guanidine groups is 1. The lowest BCUT2D eigenvalue weighted by molar-refractivity contribution is 0.627. The molecule has 2 aromatic rings. The van der Waals surface area contributed by atoms with Crippen molar-refractivity contribution in [1.82, 2.24) is 0 Å². The van der Waals surface area contributed by atoms with Crippen molar-refractivity contribution in [2.75, 3.05) is 11.4 Å². The van der Waals surface area contributed by atoms with Gasteiger partial charge in [0.15, 0.2) is 5.96 Å². The Kier molecular flexibility index (Phi) is 2.91. The van der Waals surface area contributed by atoms with Gasteiger partial charge in [-0.3, -0.25) is 4.99 Å². The highest BCUT2D eigenvalue weighted by Crippen LogP contribution is 2.30. The molecule has 1 unspecified atom stereocenters. The van der Waals surface area contributed by atoms with Crippen molar-refractivity contribution in [2.45, 2.75) is 6.04 Å². The fourth-order valence-electron chi connectivity index (χ4n) is 2.34. The Balaban J connectivity index is 1.97. The van der Waals surface area contributed by atoms with Gasteiger partial charge in [-0.1, -0.05) is 30.3 Å². The van der Waals surface area contributed by atoms with Crippen LogP contribution < -0.4 is 10.6 Å². The predicted molar refractivity (Wildman–Crippen MR) is 74.6 cm³/mol. The van der Waals surface area contributed by atoms with Crippen LogP contribution in [0.25, 0.3) is 0 Å². The van der Waals surface area contributed by atoms with Gasteiger partial charge in [0.25, 0.3) is 0 Å². The van der Waals surface area contributed by atoms with Gasteiger partial charge in [0.2, 0.25) is 0 Å². The monoisotopic (exact) mass is 255 g/mol. The summed E-state index contributed by atoms with van der Waals surface area (Å²) in [4.78, 5) is 6.24. The predicted octanol–water partition coefficient (Wildman–Crippen LogP) is 2.70. The molecule has 0 bridgehead atoms. The van der Waals surface area contributed by atoms with Crippen LogP contribution in [0.15, 0.2) is 59.6 Å². The molecule has 1 aliphatic rings. The van der Waals surface area contributed by atoms with Crippen molar-refractivity contribution < 1.29 is 4.39 Å². The Bertz CT molecular complexity index is 593. The van der Waals surface area contributed by atoms with Gasteiger partial charge in [-0.05, 0) is 29.8 Å². The van der Waals surface area contributed by atoms with Crippen LogP contribution >= 0.6 is 0 Å². The van der Waals surface area contributed by atoms with Crippen molar-refractivity contribution in [3.8, 4) is 0 Å². The van der Waals surface area contributed by atoms with Gasteiger partial charge in [0.05, 0.1) is 12.6 Å². The molecule has 3 rings (SSSR count). The van der Waals surface area contributed by atoms with Gasteiger partial charge in [-0.25, -0.2) is 4.39 Å². The normalized spacial score (nSPS) is 18.5. The highest BCUT2D eigenvalue weighted by atomic mass is 19.1. The fourth-order valence-corrected chi connectivity index (χ4v) is 2.34. The van der Waals surface area contributed by atoms with Crippen molar-refractivity contribution in [3.63, 3.8) is 0 Å². The number of benzene rings is 2. The number of aliphatic imine (C=N–C) groups is 1. The summed E-state index contributed by atoms with van der Waals surface area (Å²) in [6, 6.07) is 16.4. The minimum atomic E-state index is -0.255. The van der Waals surface area contributed by atoms with Gasteiger partial charge in [-0.15, -0.1) is 0 Å². The number of hydrogen-bond donors (Lipinski definition) is 1. The largest absolute Gasteiger partial charge is 0.369 e. The maximum Gasteiger partial charge on any atom is 0.196 e. The molecule has 0 saturated carbocycles. The lowest BCUT2D eigenvalue weighted by Gasteiger charge is -2.26. The zero-order chi connectivity index (χ0) is 13.2. The average Bonchev–Trinajstić information content (AvgIpc) is 2.83. The summed E-state index contributed by atoms with van der Waals surface area (Å²) in [5, 5.41) is 0. The molecular formula is C15H14FN3. The molecule has 0 saturated heterocycles. The molecule has 0 amide bonds. The van der Waals surface area contributed by atoms with Gasteiger partial charge < -0.3 is 10.6 Å². The van der Waals surface area contributed by atoms with Crippen molar-refractivity contribution >= 4 is 11.6 Å². The average molecular weight is 255 g/mol. The second-order valence-corrected chi connectivity index (χ2v) is 4.47. The van der Waals surface area contributed by atoms with Gasteiger partial charge in [-0.2, -0.15) is 0 Å². The summed E-state index contributed by atoms with van der Waals surface area (Å²) >= 11 is 0. The molecule has 1 atom stereocenters. The fraction of sp³-hybridized carbons (Fsp3) is 0.133. The number of nitrogens with zero attached hydrogens (tertiary/aromatic N) is 2. The van der Waals surface area contributed by atoms with Crippen LogP contribution in [0, 0.1) is 5.82 Å². The molecule has 1 aliphatic heterocycles. The molecule has 96 valence electrons. The van der Waals surface area contributed by atoms with E-state index >= 15 is 0 Å².